The van der Waals surface area contributed by atoms with Gasteiger partial charge in [0.25, 0.3) is 5.91 Å². The van der Waals surface area contributed by atoms with Crippen LogP contribution >= 0.6 is 0 Å². The van der Waals surface area contributed by atoms with E-state index in [1.165, 1.54) is 0 Å². The summed E-state index contributed by atoms with van der Waals surface area (Å²) in [5.41, 5.74) is 6.44. The second-order valence-corrected chi connectivity index (χ2v) is 9.43. The Kier molecular flexibility index (Phi) is 4.94. The Morgan fingerprint density at radius 3 is 2.48 bits per heavy atom. The minimum absolute atomic E-state index is 0.125. The summed E-state index contributed by atoms with van der Waals surface area (Å²) in [6, 6.07) is 17.2. The van der Waals surface area contributed by atoms with Crippen molar-refractivity contribution in [1.82, 2.24) is 15.4 Å². The molecule has 1 aliphatic rings. The maximum absolute atomic E-state index is 13.6. The molecule has 2 N–H and O–H groups in total. The minimum Gasteiger partial charge on any atom is -0.390 e. The highest BCUT2D eigenvalue weighted by molar-refractivity contribution is 6.10. The second kappa shape index (κ2) is 7.71. The molecule has 1 aliphatic heterocycles. The van der Waals surface area contributed by atoms with Crippen molar-refractivity contribution in [3.05, 3.63) is 88.4 Å². The number of hydrogen-bond acceptors (Lipinski definition) is 5. The van der Waals surface area contributed by atoms with Gasteiger partial charge in [0.2, 0.25) is 0 Å². The maximum atomic E-state index is 13.6. The van der Waals surface area contributed by atoms with Crippen LogP contribution < -0.4 is 4.90 Å². The molecular weight excluding hydrogens is 416 g/mol. The van der Waals surface area contributed by atoms with E-state index in [-0.39, 0.29) is 24.0 Å². The number of aliphatic hydroxyl groups is 1. The Bertz CT molecular complexity index is 1330. The highest BCUT2D eigenvalue weighted by Gasteiger charge is 2.45. The van der Waals surface area contributed by atoms with Crippen molar-refractivity contribution >= 4 is 11.6 Å². The van der Waals surface area contributed by atoms with E-state index in [1.54, 1.807) is 6.07 Å². The molecule has 7 nitrogen and oxygen atoms in total. The lowest BCUT2D eigenvalue weighted by Gasteiger charge is -2.29. The number of nitrogens with one attached hydrogen (secondary N) is 1. The fourth-order valence-electron chi connectivity index (χ4n) is 4.48. The van der Waals surface area contributed by atoms with Crippen LogP contribution in [0.15, 0.2) is 59.1 Å². The van der Waals surface area contributed by atoms with Gasteiger partial charge < -0.3 is 9.63 Å². The fourth-order valence-corrected chi connectivity index (χ4v) is 4.48. The average Bonchev–Trinajstić information content (AvgIpc) is 3.50. The van der Waals surface area contributed by atoms with Crippen molar-refractivity contribution < 1.29 is 14.4 Å². The molecule has 2 aromatic carbocycles. The predicted octanol–water partition coefficient (Wildman–Crippen LogP) is 4.91. The van der Waals surface area contributed by atoms with Gasteiger partial charge in [-0.2, -0.15) is 5.10 Å². The molecule has 1 unspecified atom stereocenters. The number of nitrogens with zero attached hydrogens (tertiary/aromatic N) is 3. The van der Waals surface area contributed by atoms with E-state index in [0.29, 0.717) is 17.1 Å². The lowest BCUT2D eigenvalue weighted by atomic mass is 9.85. The molecule has 0 saturated carbocycles. The standard InChI is InChI=1S/C26H26N4O3/c1-15-7-5-6-8-19(15)23-21-22(27-28-24(21)26(2,3)4)25(32)30(23)18-11-9-16(10-12-18)20-13-17(14-31)29-33-20/h5-13,23,31H,14H2,1-4H3,(H,27,28). The first-order valence-corrected chi connectivity index (χ1v) is 10.9. The normalized spacial score (nSPS) is 15.8. The fraction of sp³-hybridized carbons (Fsp3) is 0.269. The van der Waals surface area contributed by atoms with Crippen molar-refractivity contribution in [3.8, 4) is 11.3 Å². The van der Waals surface area contributed by atoms with Crippen LogP contribution in [0.25, 0.3) is 11.3 Å². The molecule has 33 heavy (non-hydrogen) atoms. The number of benzene rings is 2. The van der Waals surface area contributed by atoms with Gasteiger partial charge in [0.05, 0.1) is 12.6 Å². The molecule has 7 heteroatoms. The molecule has 4 aromatic rings. The first-order chi connectivity index (χ1) is 15.8. The Balaban J connectivity index is 1.62. The topological polar surface area (TPSA) is 95.2 Å². The lowest BCUT2D eigenvalue weighted by molar-refractivity contribution is 0.0988. The summed E-state index contributed by atoms with van der Waals surface area (Å²) in [4.78, 5) is 15.4. The van der Waals surface area contributed by atoms with Gasteiger partial charge in [-0.3, -0.25) is 14.8 Å². The molecule has 2 aromatic heterocycles. The molecule has 0 saturated heterocycles. The van der Waals surface area contributed by atoms with E-state index in [9.17, 15) is 9.90 Å². The number of carbonyl (C=O) groups excluding carboxylic acids is 1. The minimum atomic E-state index is -0.279. The highest BCUT2D eigenvalue weighted by atomic mass is 16.5. The van der Waals surface area contributed by atoms with E-state index < -0.39 is 0 Å². The zero-order chi connectivity index (χ0) is 23.3. The van der Waals surface area contributed by atoms with Gasteiger partial charge in [-0.1, -0.05) is 50.2 Å². The quantitative estimate of drug-likeness (QED) is 0.468. The number of aryl methyl sites for hydroxylation is 1. The molecule has 0 aliphatic carbocycles. The summed E-state index contributed by atoms with van der Waals surface area (Å²) >= 11 is 0. The first kappa shape index (κ1) is 21.2. The molecule has 0 fully saturated rings. The zero-order valence-corrected chi connectivity index (χ0v) is 19.1. The Labute approximate surface area is 192 Å². The molecule has 0 bridgehead atoms. The molecular formula is C26H26N4O3. The third-order valence-corrected chi connectivity index (χ3v) is 6.14. The molecule has 168 valence electrons. The number of anilines is 1. The largest absolute Gasteiger partial charge is 0.390 e. The molecule has 3 heterocycles. The van der Waals surface area contributed by atoms with Gasteiger partial charge in [-0.25, -0.2) is 0 Å². The number of fused-ring (bicyclic) bond motifs is 1. The number of amides is 1. The van der Waals surface area contributed by atoms with E-state index in [1.807, 2.05) is 41.3 Å². The Morgan fingerprint density at radius 1 is 1.12 bits per heavy atom. The first-order valence-electron chi connectivity index (χ1n) is 10.9. The molecule has 5 rings (SSSR count). The van der Waals surface area contributed by atoms with Gasteiger partial charge in [-0.05, 0) is 42.3 Å². The van der Waals surface area contributed by atoms with Crippen molar-refractivity contribution in [2.45, 2.75) is 45.8 Å². The van der Waals surface area contributed by atoms with Crippen LogP contribution in [-0.4, -0.2) is 26.4 Å². The zero-order valence-electron chi connectivity index (χ0n) is 19.1. The van der Waals surface area contributed by atoms with Crippen LogP contribution in [0.1, 0.15) is 65.4 Å². The van der Waals surface area contributed by atoms with Gasteiger partial charge >= 0.3 is 0 Å². The van der Waals surface area contributed by atoms with E-state index in [4.69, 9.17) is 4.52 Å². The monoisotopic (exact) mass is 442 g/mol. The number of H-pyrrole nitrogens is 1. The summed E-state index contributed by atoms with van der Waals surface area (Å²) in [6.45, 7) is 8.25. The smallest absolute Gasteiger partial charge is 0.280 e. The van der Waals surface area contributed by atoms with Gasteiger partial charge in [-0.15, -0.1) is 0 Å². The highest BCUT2D eigenvalue weighted by Crippen LogP contribution is 2.45. The van der Waals surface area contributed by atoms with E-state index >= 15 is 0 Å². The molecule has 1 atom stereocenters. The van der Waals surface area contributed by atoms with Gasteiger partial charge in [0, 0.05) is 34.0 Å². The van der Waals surface area contributed by atoms with Crippen molar-refractivity contribution in [1.29, 1.82) is 0 Å². The predicted molar refractivity (Wildman–Crippen MR) is 125 cm³/mol. The van der Waals surface area contributed by atoms with Crippen molar-refractivity contribution in [3.63, 3.8) is 0 Å². The van der Waals surface area contributed by atoms with Crippen LogP contribution in [-0.2, 0) is 12.0 Å². The Morgan fingerprint density at radius 2 is 1.85 bits per heavy atom. The SMILES string of the molecule is Cc1ccccc1C1c2c(n[nH]c2C(C)(C)C)C(=O)N1c1ccc(-c2cc(CO)no2)cc1. The second-order valence-electron chi connectivity index (χ2n) is 9.43. The van der Waals surface area contributed by atoms with Gasteiger partial charge in [0.15, 0.2) is 11.5 Å². The lowest BCUT2D eigenvalue weighted by Crippen LogP contribution is -2.30. The Hall–Kier alpha value is -3.71. The number of aliphatic hydroxyl groups excluding tert-OH is 1. The number of rotatable bonds is 4. The summed E-state index contributed by atoms with van der Waals surface area (Å²) in [5.74, 6) is 0.442. The number of aromatic amines is 1. The summed E-state index contributed by atoms with van der Waals surface area (Å²) in [6.07, 6.45) is 0. The summed E-state index contributed by atoms with van der Waals surface area (Å²) < 4.78 is 5.32. The summed E-state index contributed by atoms with van der Waals surface area (Å²) in [7, 11) is 0. The van der Waals surface area contributed by atoms with Crippen LogP contribution in [0.2, 0.25) is 0 Å². The van der Waals surface area contributed by atoms with E-state index in [0.717, 1.165) is 33.6 Å². The van der Waals surface area contributed by atoms with Crippen molar-refractivity contribution in [2.24, 2.45) is 0 Å². The molecule has 0 radical (unpaired) electrons. The van der Waals surface area contributed by atoms with Crippen LogP contribution in [0, 0.1) is 6.92 Å². The van der Waals surface area contributed by atoms with Crippen LogP contribution in [0.3, 0.4) is 0 Å². The van der Waals surface area contributed by atoms with E-state index in [2.05, 4.69) is 55.2 Å². The van der Waals surface area contributed by atoms with Crippen LogP contribution in [0.4, 0.5) is 5.69 Å². The summed E-state index contributed by atoms with van der Waals surface area (Å²) in [5, 5.41) is 20.7. The molecule has 1 amide bonds. The number of hydrogen-bond donors (Lipinski definition) is 2. The number of aromatic nitrogens is 3. The van der Waals surface area contributed by atoms with Crippen LogP contribution in [0.5, 0.6) is 0 Å². The third-order valence-electron chi connectivity index (χ3n) is 6.14. The molecule has 0 spiro atoms. The average molecular weight is 443 g/mol. The third kappa shape index (κ3) is 3.45. The van der Waals surface area contributed by atoms with Gasteiger partial charge in [0.1, 0.15) is 5.69 Å². The number of carbonyl (C=O) groups is 1. The maximum Gasteiger partial charge on any atom is 0.280 e. The van der Waals surface area contributed by atoms with Crippen molar-refractivity contribution in [2.75, 3.05) is 4.90 Å².